The lowest BCUT2D eigenvalue weighted by Crippen LogP contribution is -2.44. The second kappa shape index (κ2) is 8.20. The second-order valence-corrected chi connectivity index (χ2v) is 9.86. The third kappa shape index (κ3) is 4.04. The van der Waals surface area contributed by atoms with E-state index in [4.69, 9.17) is 9.57 Å². The summed E-state index contributed by atoms with van der Waals surface area (Å²) in [6, 6.07) is 15.0. The molecule has 1 N–H and O–H groups in total. The van der Waals surface area contributed by atoms with Crippen LogP contribution in [0.25, 0.3) is 22.2 Å². The number of hydrogen-bond acceptors (Lipinski definition) is 3. The standard InChI is InChI=1S/C24H20BrFN2O2S/c1-14-11-19(18-9-10-27-24(18)28(14)29-2)20-13-17(31-16-4-5-16)6-8-22(20)30-23-7-3-15(25)12-21(23)26/h3,6-13,16H,4-5H2,1-2H3/p+1. The molecule has 0 spiro atoms. The first-order valence-corrected chi connectivity index (χ1v) is 11.7. The number of thioether (sulfide) groups is 1. The Bertz CT molecular complexity index is 1290. The van der Waals surface area contributed by atoms with Gasteiger partial charge in [-0.15, -0.1) is 11.8 Å². The van der Waals surface area contributed by atoms with Gasteiger partial charge in [0.2, 0.25) is 0 Å². The van der Waals surface area contributed by atoms with Crippen LogP contribution < -0.4 is 14.3 Å². The minimum Gasteiger partial charge on any atom is -0.454 e. The molecule has 0 unspecified atom stereocenters. The molecule has 0 bridgehead atoms. The summed E-state index contributed by atoms with van der Waals surface area (Å²) in [7, 11) is 1.64. The van der Waals surface area contributed by atoms with Crippen LogP contribution in [0.1, 0.15) is 18.5 Å². The Labute approximate surface area is 192 Å². The van der Waals surface area contributed by atoms with E-state index in [2.05, 4.69) is 39.1 Å². The predicted molar refractivity (Wildman–Crippen MR) is 124 cm³/mol. The summed E-state index contributed by atoms with van der Waals surface area (Å²) in [5.74, 6) is 0.389. The van der Waals surface area contributed by atoms with Crippen molar-refractivity contribution in [3.05, 3.63) is 70.7 Å². The Morgan fingerprint density at radius 1 is 1.06 bits per heavy atom. The Morgan fingerprint density at radius 3 is 2.61 bits per heavy atom. The van der Waals surface area contributed by atoms with E-state index in [-0.39, 0.29) is 5.75 Å². The third-order valence-electron chi connectivity index (χ3n) is 5.26. The number of rotatable bonds is 6. The quantitative estimate of drug-likeness (QED) is 0.310. The number of fused-ring (bicyclic) bond motifs is 1. The highest BCUT2D eigenvalue weighted by atomic mass is 79.9. The zero-order valence-corrected chi connectivity index (χ0v) is 19.5. The van der Waals surface area contributed by atoms with Crippen molar-refractivity contribution in [2.75, 3.05) is 7.11 Å². The lowest BCUT2D eigenvalue weighted by atomic mass is 10.0. The molecule has 1 aliphatic rings. The normalized spacial score (nSPS) is 13.5. The van der Waals surface area contributed by atoms with Crippen molar-refractivity contribution in [3.63, 3.8) is 0 Å². The Morgan fingerprint density at radius 2 is 1.87 bits per heavy atom. The highest BCUT2D eigenvalue weighted by molar-refractivity contribution is 9.10. The summed E-state index contributed by atoms with van der Waals surface area (Å²) in [6.45, 7) is 1.99. The molecule has 0 radical (unpaired) electrons. The van der Waals surface area contributed by atoms with Crippen LogP contribution in [0.5, 0.6) is 11.5 Å². The van der Waals surface area contributed by atoms with Crippen LogP contribution in [0.2, 0.25) is 0 Å². The van der Waals surface area contributed by atoms with E-state index < -0.39 is 5.82 Å². The molecule has 4 nitrogen and oxygen atoms in total. The molecule has 7 heteroatoms. The van der Waals surface area contributed by atoms with Gasteiger partial charge in [0.1, 0.15) is 18.6 Å². The zero-order valence-electron chi connectivity index (χ0n) is 17.1. The molecule has 0 amide bonds. The lowest BCUT2D eigenvalue weighted by Gasteiger charge is -2.15. The number of aromatic nitrogens is 2. The van der Waals surface area contributed by atoms with Gasteiger partial charge in [0.15, 0.2) is 11.6 Å². The average Bonchev–Trinajstić information content (AvgIpc) is 3.43. The van der Waals surface area contributed by atoms with E-state index >= 15 is 0 Å². The van der Waals surface area contributed by atoms with E-state index in [1.54, 1.807) is 24.0 Å². The van der Waals surface area contributed by atoms with Crippen LogP contribution in [0.3, 0.4) is 0 Å². The SMILES string of the molecule is CO[n+]1c(C)cc(-c2cc(SC3CC3)ccc2Oc2ccc(Br)cc2F)c2cc[nH]c21. The number of H-pyrrole nitrogens is 1. The number of aryl methyl sites for hydroxylation is 1. The topological polar surface area (TPSA) is 38.1 Å². The fraction of sp³-hybridized carbons (Fsp3) is 0.208. The molecule has 31 heavy (non-hydrogen) atoms. The predicted octanol–water partition coefficient (Wildman–Crippen LogP) is 6.44. The highest BCUT2D eigenvalue weighted by Gasteiger charge is 2.25. The maximum absolute atomic E-state index is 14.5. The molecular formula is C24H21BrFN2O2S+. The molecule has 4 aromatic rings. The monoisotopic (exact) mass is 499 g/mol. The Kier molecular flexibility index (Phi) is 5.40. The summed E-state index contributed by atoms with van der Waals surface area (Å²) in [5.41, 5.74) is 3.73. The summed E-state index contributed by atoms with van der Waals surface area (Å²) in [5, 5.41) is 1.69. The second-order valence-electron chi connectivity index (χ2n) is 7.57. The first kappa shape index (κ1) is 20.4. The number of nitrogens with one attached hydrogen (secondary N) is 1. The summed E-state index contributed by atoms with van der Waals surface area (Å²) >= 11 is 5.18. The fourth-order valence-electron chi connectivity index (χ4n) is 3.66. The molecule has 0 saturated heterocycles. The number of halogens is 2. The van der Waals surface area contributed by atoms with Gasteiger partial charge in [-0.25, -0.2) is 9.37 Å². The van der Waals surface area contributed by atoms with E-state index in [1.165, 1.54) is 23.8 Å². The number of nitrogens with zero attached hydrogens (tertiary/aromatic N) is 1. The van der Waals surface area contributed by atoms with E-state index in [0.717, 1.165) is 27.9 Å². The summed E-state index contributed by atoms with van der Waals surface area (Å²) in [4.78, 5) is 9.99. The van der Waals surface area contributed by atoms with Gasteiger partial charge < -0.3 is 9.57 Å². The molecule has 1 fully saturated rings. The Balaban J connectivity index is 1.67. The summed E-state index contributed by atoms with van der Waals surface area (Å²) < 4.78 is 23.0. The largest absolute Gasteiger partial charge is 0.454 e. The zero-order chi connectivity index (χ0) is 21.5. The van der Waals surface area contributed by atoms with Crippen molar-refractivity contribution >= 4 is 38.7 Å². The smallest absolute Gasteiger partial charge is 0.326 e. The minimum absolute atomic E-state index is 0.192. The highest BCUT2D eigenvalue weighted by Crippen LogP contribution is 2.44. The van der Waals surface area contributed by atoms with Crippen LogP contribution in [-0.2, 0) is 0 Å². The van der Waals surface area contributed by atoms with Crippen molar-refractivity contribution in [3.8, 4) is 22.6 Å². The van der Waals surface area contributed by atoms with E-state index in [9.17, 15) is 4.39 Å². The number of ether oxygens (including phenoxy) is 1. The number of pyridine rings is 1. The van der Waals surface area contributed by atoms with Crippen molar-refractivity contribution in [1.82, 2.24) is 4.98 Å². The third-order valence-corrected chi connectivity index (χ3v) is 7.08. The van der Waals surface area contributed by atoms with Gasteiger partial charge >= 0.3 is 5.65 Å². The molecule has 1 saturated carbocycles. The van der Waals surface area contributed by atoms with Crippen LogP contribution in [0.15, 0.2) is 64.1 Å². The van der Waals surface area contributed by atoms with Gasteiger partial charge in [-0.2, -0.15) is 0 Å². The molecule has 2 aromatic carbocycles. The number of aromatic amines is 1. The first-order chi connectivity index (χ1) is 15.0. The van der Waals surface area contributed by atoms with Gasteiger partial charge in [-0.05, 0) is 66.1 Å². The maximum Gasteiger partial charge on any atom is 0.326 e. The molecule has 158 valence electrons. The van der Waals surface area contributed by atoms with Crippen LogP contribution in [0, 0.1) is 12.7 Å². The van der Waals surface area contributed by atoms with Crippen molar-refractivity contribution in [2.24, 2.45) is 0 Å². The van der Waals surface area contributed by atoms with E-state index in [0.29, 0.717) is 15.5 Å². The fourth-order valence-corrected chi connectivity index (χ4v) is 5.08. The van der Waals surface area contributed by atoms with Crippen molar-refractivity contribution in [2.45, 2.75) is 29.9 Å². The van der Waals surface area contributed by atoms with Crippen LogP contribution in [0.4, 0.5) is 4.39 Å². The van der Waals surface area contributed by atoms with E-state index in [1.807, 2.05) is 37.0 Å². The average molecular weight is 500 g/mol. The molecule has 0 atom stereocenters. The molecule has 5 rings (SSSR count). The number of hydrogen-bond donors (Lipinski definition) is 1. The molecule has 2 aromatic heterocycles. The number of benzene rings is 2. The summed E-state index contributed by atoms with van der Waals surface area (Å²) in [6.07, 6.45) is 4.40. The first-order valence-electron chi connectivity index (χ1n) is 10.0. The molecular weight excluding hydrogens is 479 g/mol. The van der Waals surface area contributed by atoms with Crippen LogP contribution in [-0.4, -0.2) is 17.3 Å². The van der Waals surface area contributed by atoms with Gasteiger partial charge in [0.25, 0.3) is 0 Å². The van der Waals surface area contributed by atoms with Gasteiger partial charge in [0.05, 0.1) is 11.6 Å². The molecule has 0 aliphatic heterocycles. The van der Waals surface area contributed by atoms with Gasteiger partial charge in [-0.1, -0.05) is 15.9 Å². The lowest BCUT2D eigenvalue weighted by molar-refractivity contribution is -0.870. The van der Waals surface area contributed by atoms with Gasteiger partial charge in [-0.3, -0.25) is 0 Å². The molecule has 1 aliphatic carbocycles. The minimum atomic E-state index is -0.412. The maximum atomic E-state index is 14.5. The van der Waals surface area contributed by atoms with Crippen LogP contribution >= 0.6 is 27.7 Å². The van der Waals surface area contributed by atoms with Crippen molar-refractivity contribution < 1.29 is 18.7 Å². The van der Waals surface area contributed by atoms with Crippen molar-refractivity contribution in [1.29, 1.82) is 0 Å². The van der Waals surface area contributed by atoms with Gasteiger partial charge in [0, 0.05) is 32.7 Å². The molecule has 2 heterocycles. The Hall–Kier alpha value is -2.51.